The number of aromatic nitrogens is 1. The van der Waals surface area contributed by atoms with Gasteiger partial charge in [-0.2, -0.15) is 0 Å². The van der Waals surface area contributed by atoms with Gasteiger partial charge in [-0.3, -0.25) is 4.79 Å². The van der Waals surface area contributed by atoms with Crippen LogP contribution in [0.15, 0.2) is 66.9 Å². The number of pyridine rings is 1. The van der Waals surface area contributed by atoms with Gasteiger partial charge in [-0.25, -0.2) is 4.98 Å². The smallest absolute Gasteiger partial charge is 0.272 e. The number of ether oxygens (including phenoxy) is 1. The number of hydrogen-bond acceptors (Lipinski definition) is 4. The zero-order valence-electron chi connectivity index (χ0n) is 15.1. The lowest BCUT2D eigenvalue weighted by Gasteiger charge is -2.17. The average Bonchev–Trinajstić information content (AvgIpc) is 2.69. The Bertz CT molecular complexity index is 914. The first-order chi connectivity index (χ1) is 13.1. The van der Waals surface area contributed by atoms with E-state index in [0.29, 0.717) is 23.0 Å². The van der Waals surface area contributed by atoms with E-state index in [-0.39, 0.29) is 5.91 Å². The highest BCUT2D eigenvalue weighted by Gasteiger charge is 2.13. The van der Waals surface area contributed by atoms with Crippen molar-refractivity contribution in [3.05, 3.63) is 83.1 Å². The van der Waals surface area contributed by atoms with Crippen molar-refractivity contribution in [3.8, 4) is 5.75 Å². The number of amides is 1. The third kappa shape index (κ3) is 4.77. The van der Waals surface area contributed by atoms with Crippen molar-refractivity contribution in [2.45, 2.75) is 6.54 Å². The second-order valence-corrected chi connectivity index (χ2v) is 6.46. The molecule has 0 spiro atoms. The summed E-state index contributed by atoms with van der Waals surface area (Å²) in [5.41, 5.74) is 3.04. The Labute approximate surface area is 163 Å². The highest BCUT2D eigenvalue weighted by atomic mass is 35.5. The summed E-state index contributed by atoms with van der Waals surface area (Å²) in [5.74, 6) is 0.487. The normalized spacial score (nSPS) is 10.3. The van der Waals surface area contributed by atoms with Gasteiger partial charge in [0.15, 0.2) is 0 Å². The largest absolute Gasteiger partial charge is 0.495 e. The van der Waals surface area contributed by atoms with Crippen LogP contribution in [0.25, 0.3) is 0 Å². The monoisotopic (exact) mass is 381 g/mol. The van der Waals surface area contributed by atoms with E-state index < -0.39 is 0 Å². The number of nitrogens with zero attached hydrogens (tertiary/aromatic N) is 2. The van der Waals surface area contributed by atoms with E-state index in [1.54, 1.807) is 43.5 Å². The van der Waals surface area contributed by atoms with E-state index >= 15 is 0 Å². The van der Waals surface area contributed by atoms with Crippen molar-refractivity contribution in [1.29, 1.82) is 0 Å². The molecule has 1 N–H and O–H groups in total. The third-order valence-corrected chi connectivity index (χ3v) is 4.33. The van der Waals surface area contributed by atoms with Crippen molar-refractivity contribution in [3.63, 3.8) is 0 Å². The minimum Gasteiger partial charge on any atom is -0.495 e. The van der Waals surface area contributed by atoms with Crippen molar-refractivity contribution < 1.29 is 9.53 Å². The van der Waals surface area contributed by atoms with Gasteiger partial charge in [0.1, 0.15) is 11.4 Å². The molecule has 3 aromatic rings. The molecule has 0 saturated carbocycles. The van der Waals surface area contributed by atoms with Crippen molar-refractivity contribution in [2.75, 3.05) is 19.5 Å². The fourth-order valence-electron chi connectivity index (χ4n) is 2.63. The van der Waals surface area contributed by atoms with E-state index in [2.05, 4.69) is 10.3 Å². The van der Waals surface area contributed by atoms with Crippen LogP contribution >= 0.6 is 11.6 Å². The number of benzene rings is 2. The van der Waals surface area contributed by atoms with Gasteiger partial charge in [-0.15, -0.1) is 0 Å². The van der Waals surface area contributed by atoms with Crippen LogP contribution in [0.2, 0.25) is 5.02 Å². The van der Waals surface area contributed by atoms with Crippen LogP contribution in [0, 0.1) is 0 Å². The average molecular weight is 382 g/mol. The molecule has 27 heavy (non-hydrogen) atoms. The quantitative estimate of drug-likeness (QED) is 0.668. The summed E-state index contributed by atoms with van der Waals surface area (Å²) in [7, 11) is 3.34. The fraction of sp³-hybridized carbons (Fsp3) is 0.143. The topological polar surface area (TPSA) is 54.5 Å². The lowest BCUT2D eigenvalue weighted by Crippen LogP contribution is -2.26. The Kier molecular flexibility index (Phi) is 5.94. The Morgan fingerprint density at radius 2 is 1.85 bits per heavy atom. The second-order valence-electron chi connectivity index (χ2n) is 6.05. The molecule has 6 heteroatoms. The maximum absolute atomic E-state index is 12.5. The van der Waals surface area contributed by atoms with Crippen molar-refractivity contribution >= 4 is 28.9 Å². The zero-order valence-corrected chi connectivity index (χ0v) is 15.9. The molecule has 1 amide bonds. The predicted octanol–water partition coefficient (Wildman–Crippen LogP) is 4.76. The summed E-state index contributed by atoms with van der Waals surface area (Å²) >= 11 is 6.13. The predicted molar refractivity (Wildman–Crippen MR) is 108 cm³/mol. The Morgan fingerprint density at radius 3 is 2.48 bits per heavy atom. The van der Waals surface area contributed by atoms with E-state index in [1.807, 2.05) is 42.5 Å². The number of carbonyl (C=O) groups is 1. The summed E-state index contributed by atoms with van der Waals surface area (Å²) in [5, 5.41) is 3.72. The minimum atomic E-state index is -0.127. The van der Waals surface area contributed by atoms with Gasteiger partial charge in [0.25, 0.3) is 5.91 Å². The molecule has 0 fully saturated rings. The van der Waals surface area contributed by atoms with E-state index in [9.17, 15) is 4.79 Å². The molecule has 0 bridgehead atoms. The van der Waals surface area contributed by atoms with Gasteiger partial charge in [0, 0.05) is 19.3 Å². The molecule has 0 radical (unpaired) electrons. The molecule has 0 unspecified atom stereocenters. The zero-order chi connectivity index (χ0) is 19.2. The highest BCUT2D eigenvalue weighted by Crippen LogP contribution is 2.28. The van der Waals surface area contributed by atoms with E-state index in [0.717, 1.165) is 16.9 Å². The molecule has 3 rings (SSSR count). The van der Waals surface area contributed by atoms with Crippen LogP contribution in [0.1, 0.15) is 16.1 Å². The lowest BCUT2D eigenvalue weighted by molar-refractivity contribution is 0.0779. The van der Waals surface area contributed by atoms with Crippen molar-refractivity contribution in [2.24, 2.45) is 0 Å². The minimum absolute atomic E-state index is 0.127. The molecule has 1 aromatic heterocycles. The second kappa shape index (κ2) is 8.56. The summed E-state index contributed by atoms with van der Waals surface area (Å²) in [4.78, 5) is 18.5. The van der Waals surface area contributed by atoms with Crippen LogP contribution in [0.4, 0.5) is 11.4 Å². The van der Waals surface area contributed by atoms with Gasteiger partial charge >= 0.3 is 0 Å². The van der Waals surface area contributed by atoms with Crippen molar-refractivity contribution in [1.82, 2.24) is 9.88 Å². The number of nitrogens with one attached hydrogen (secondary N) is 1. The third-order valence-electron chi connectivity index (χ3n) is 4.03. The van der Waals surface area contributed by atoms with E-state index in [1.165, 1.54) is 0 Å². The first-order valence-corrected chi connectivity index (χ1v) is 8.80. The molecule has 138 valence electrons. The van der Waals surface area contributed by atoms with Gasteiger partial charge in [-0.1, -0.05) is 41.9 Å². The molecule has 0 aliphatic heterocycles. The standard InChI is InChI=1S/C21H20ClN3O2/c1-25(14-15-6-4-3-5-7-15)21(26)19-10-8-17(13-23-19)24-16-9-11-20(27-2)18(22)12-16/h3-13,24H,14H2,1-2H3. The van der Waals surface area contributed by atoms with Crippen LogP contribution in [-0.2, 0) is 6.54 Å². The summed E-state index contributed by atoms with van der Waals surface area (Å²) < 4.78 is 5.14. The maximum atomic E-state index is 12.5. The molecule has 5 nitrogen and oxygen atoms in total. The van der Waals surface area contributed by atoms with Crippen LogP contribution in [-0.4, -0.2) is 29.9 Å². The van der Waals surface area contributed by atoms with Gasteiger partial charge < -0.3 is 15.0 Å². The highest BCUT2D eigenvalue weighted by molar-refractivity contribution is 6.32. The molecular weight excluding hydrogens is 362 g/mol. The molecule has 0 atom stereocenters. The molecule has 2 aromatic carbocycles. The molecule has 0 aliphatic carbocycles. The Hall–Kier alpha value is -3.05. The summed E-state index contributed by atoms with van der Waals surface area (Å²) in [6.45, 7) is 0.533. The Balaban J connectivity index is 1.65. The number of carbonyl (C=O) groups excluding carboxylic acids is 1. The van der Waals surface area contributed by atoms with Crippen LogP contribution < -0.4 is 10.1 Å². The molecule has 1 heterocycles. The first-order valence-electron chi connectivity index (χ1n) is 8.43. The molecule has 0 aliphatic rings. The van der Waals surface area contributed by atoms with Gasteiger partial charge in [-0.05, 0) is 35.9 Å². The van der Waals surface area contributed by atoms with E-state index in [4.69, 9.17) is 16.3 Å². The number of halogens is 1. The number of methoxy groups -OCH3 is 1. The summed E-state index contributed by atoms with van der Waals surface area (Å²) in [6, 6.07) is 18.8. The van der Waals surface area contributed by atoms with Crippen LogP contribution in [0.5, 0.6) is 5.75 Å². The number of hydrogen-bond donors (Lipinski definition) is 1. The SMILES string of the molecule is COc1ccc(Nc2ccc(C(=O)N(C)Cc3ccccc3)nc2)cc1Cl. The summed E-state index contributed by atoms with van der Waals surface area (Å²) in [6.07, 6.45) is 1.63. The number of anilines is 2. The molecular formula is C21H20ClN3O2. The fourth-order valence-corrected chi connectivity index (χ4v) is 2.89. The van der Waals surface area contributed by atoms with Gasteiger partial charge in [0.05, 0.1) is 24.0 Å². The number of rotatable bonds is 6. The van der Waals surface area contributed by atoms with Gasteiger partial charge in [0.2, 0.25) is 0 Å². The Morgan fingerprint density at radius 1 is 1.11 bits per heavy atom. The van der Waals surface area contributed by atoms with Crippen LogP contribution in [0.3, 0.4) is 0 Å². The maximum Gasteiger partial charge on any atom is 0.272 e. The first kappa shape index (κ1) is 18.7. The lowest BCUT2D eigenvalue weighted by atomic mass is 10.2. The molecule has 0 saturated heterocycles.